The average molecular weight is 290 g/mol. The number of aliphatic hydroxyl groups excluding tert-OH is 1. The van der Waals surface area contributed by atoms with Crippen LogP contribution < -0.4 is 0 Å². The number of hydrogen-bond donors (Lipinski definition) is 1. The molecule has 1 aliphatic heterocycles. The van der Waals surface area contributed by atoms with Gasteiger partial charge in [-0.1, -0.05) is 55.1 Å². The molecule has 114 valence electrons. The molecule has 0 aliphatic carbocycles. The van der Waals surface area contributed by atoms with Crippen LogP contribution in [0.1, 0.15) is 19.4 Å². The van der Waals surface area contributed by atoms with E-state index in [9.17, 15) is 5.11 Å². The van der Waals surface area contributed by atoms with Crippen molar-refractivity contribution in [2.24, 2.45) is 0 Å². The fraction of sp³-hybridized carbons (Fsp3) is 0.412. The van der Waals surface area contributed by atoms with E-state index in [1.54, 1.807) is 26.0 Å². The van der Waals surface area contributed by atoms with E-state index in [-0.39, 0.29) is 0 Å². The lowest BCUT2D eigenvalue weighted by molar-refractivity contribution is -0.175. The van der Waals surface area contributed by atoms with Gasteiger partial charge in [-0.25, -0.2) is 0 Å². The molecule has 2 rings (SSSR count). The lowest BCUT2D eigenvalue weighted by Gasteiger charge is -2.22. The molecule has 1 N–H and O–H groups in total. The summed E-state index contributed by atoms with van der Waals surface area (Å²) in [5.41, 5.74) is 1.06. The monoisotopic (exact) mass is 290 g/mol. The van der Waals surface area contributed by atoms with E-state index in [1.165, 1.54) is 0 Å². The number of aliphatic hydroxyl groups is 1. The van der Waals surface area contributed by atoms with Gasteiger partial charge >= 0.3 is 0 Å². The van der Waals surface area contributed by atoms with Crippen LogP contribution in [-0.2, 0) is 20.8 Å². The van der Waals surface area contributed by atoms with Crippen molar-refractivity contribution < 1.29 is 19.3 Å². The molecule has 0 aromatic heterocycles. The standard InChI is InChI=1S/C17H22O4/c1-4-5-11-14(15-16(18)21-17(2,3)20-15)19-12-13-9-7-6-8-10-13/h4-11,14-16,18H,1,12H2,2-3H3/b11-5+/t14-,15-,16-/m1/s1. The fourth-order valence-corrected chi connectivity index (χ4v) is 2.22. The Labute approximate surface area is 125 Å². The van der Waals surface area contributed by atoms with Crippen LogP contribution in [0, 0.1) is 0 Å². The minimum absolute atomic E-state index is 0.417. The summed E-state index contributed by atoms with van der Waals surface area (Å²) in [5.74, 6) is -0.819. The van der Waals surface area contributed by atoms with E-state index in [1.807, 2.05) is 36.4 Å². The van der Waals surface area contributed by atoms with Gasteiger partial charge in [0.1, 0.15) is 12.2 Å². The Kier molecular flexibility index (Phi) is 5.31. The number of rotatable bonds is 6. The van der Waals surface area contributed by atoms with Crippen LogP contribution in [-0.4, -0.2) is 29.4 Å². The highest BCUT2D eigenvalue weighted by atomic mass is 16.8. The van der Waals surface area contributed by atoms with Crippen molar-refractivity contribution >= 4 is 0 Å². The smallest absolute Gasteiger partial charge is 0.187 e. The van der Waals surface area contributed by atoms with Gasteiger partial charge in [-0.3, -0.25) is 0 Å². The first-order chi connectivity index (χ1) is 10.0. The second-order valence-corrected chi connectivity index (χ2v) is 5.37. The fourth-order valence-electron chi connectivity index (χ4n) is 2.22. The van der Waals surface area contributed by atoms with Gasteiger partial charge in [0.05, 0.1) is 6.61 Å². The van der Waals surface area contributed by atoms with E-state index in [2.05, 4.69) is 6.58 Å². The third-order valence-electron chi connectivity index (χ3n) is 3.15. The molecule has 1 fully saturated rings. The molecule has 1 aliphatic rings. The first kappa shape index (κ1) is 15.9. The van der Waals surface area contributed by atoms with Crippen LogP contribution in [0.4, 0.5) is 0 Å². The quantitative estimate of drug-likeness (QED) is 0.818. The van der Waals surface area contributed by atoms with E-state index in [0.29, 0.717) is 6.61 Å². The second kappa shape index (κ2) is 7.00. The van der Waals surface area contributed by atoms with Crippen molar-refractivity contribution in [3.05, 3.63) is 60.7 Å². The summed E-state index contributed by atoms with van der Waals surface area (Å²) >= 11 is 0. The van der Waals surface area contributed by atoms with Gasteiger partial charge in [-0.15, -0.1) is 0 Å². The number of allylic oxidation sites excluding steroid dienone is 2. The summed E-state index contributed by atoms with van der Waals surface area (Å²) in [6, 6.07) is 9.85. The Bertz CT molecular complexity index is 481. The van der Waals surface area contributed by atoms with E-state index >= 15 is 0 Å². The Morgan fingerprint density at radius 1 is 1.33 bits per heavy atom. The Morgan fingerprint density at radius 2 is 2.05 bits per heavy atom. The zero-order valence-electron chi connectivity index (χ0n) is 12.4. The molecule has 1 saturated heterocycles. The predicted molar refractivity (Wildman–Crippen MR) is 80.4 cm³/mol. The van der Waals surface area contributed by atoms with Gasteiger partial charge in [0.2, 0.25) is 0 Å². The third kappa shape index (κ3) is 4.51. The van der Waals surface area contributed by atoms with Gasteiger partial charge < -0.3 is 19.3 Å². The van der Waals surface area contributed by atoms with Gasteiger partial charge in [0, 0.05) is 0 Å². The minimum atomic E-state index is -1.02. The number of hydrogen-bond acceptors (Lipinski definition) is 4. The Balaban J connectivity index is 2.04. The zero-order valence-corrected chi connectivity index (χ0v) is 12.4. The van der Waals surface area contributed by atoms with Crippen LogP contribution in [0.25, 0.3) is 0 Å². The second-order valence-electron chi connectivity index (χ2n) is 5.37. The molecule has 0 saturated carbocycles. The highest BCUT2D eigenvalue weighted by Gasteiger charge is 2.44. The SMILES string of the molecule is C=C/C=C/[C@@H](OCc1ccccc1)[C@H]1OC(C)(C)O[C@H]1O. The summed E-state index contributed by atoms with van der Waals surface area (Å²) in [7, 11) is 0. The molecule has 3 atom stereocenters. The lowest BCUT2D eigenvalue weighted by atomic mass is 10.1. The molecule has 1 aromatic carbocycles. The zero-order chi connectivity index (χ0) is 15.3. The topological polar surface area (TPSA) is 47.9 Å². The largest absolute Gasteiger partial charge is 0.367 e. The van der Waals surface area contributed by atoms with Crippen LogP contribution in [0.3, 0.4) is 0 Å². The summed E-state index contributed by atoms with van der Waals surface area (Å²) in [4.78, 5) is 0. The van der Waals surface area contributed by atoms with Crippen LogP contribution in [0.5, 0.6) is 0 Å². The maximum absolute atomic E-state index is 10.0. The number of benzene rings is 1. The molecule has 0 bridgehead atoms. The molecule has 0 radical (unpaired) electrons. The van der Waals surface area contributed by atoms with Crippen molar-refractivity contribution in [2.75, 3.05) is 0 Å². The van der Waals surface area contributed by atoms with Gasteiger partial charge in [0.15, 0.2) is 12.1 Å². The van der Waals surface area contributed by atoms with E-state index < -0.39 is 24.3 Å². The highest BCUT2D eigenvalue weighted by Crippen LogP contribution is 2.30. The average Bonchev–Trinajstić information content (AvgIpc) is 2.73. The lowest BCUT2D eigenvalue weighted by Crippen LogP contribution is -2.36. The van der Waals surface area contributed by atoms with Gasteiger partial charge in [0.25, 0.3) is 0 Å². The summed E-state index contributed by atoms with van der Waals surface area (Å²) in [6.07, 6.45) is 3.24. The molecule has 0 amide bonds. The van der Waals surface area contributed by atoms with Crippen molar-refractivity contribution in [3.8, 4) is 0 Å². The van der Waals surface area contributed by atoms with Crippen molar-refractivity contribution in [1.29, 1.82) is 0 Å². The molecule has 0 unspecified atom stereocenters. The summed E-state index contributed by atoms with van der Waals surface area (Å²) in [5, 5.41) is 10.0. The predicted octanol–water partition coefficient (Wildman–Crippen LogP) is 2.78. The first-order valence-corrected chi connectivity index (χ1v) is 7.00. The van der Waals surface area contributed by atoms with Gasteiger partial charge in [-0.2, -0.15) is 0 Å². The number of ether oxygens (including phenoxy) is 3. The minimum Gasteiger partial charge on any atom is -0.367 e. The van der Waals surface area contributed by atoms with Crippen molar-refractivity contribution in [3.63, 3.8) is 0 Å². The van der Waals surface area contributed by atoms with Crippen LogP contribution in [0.15, 0.2) is 55.1 Å². The molecule has 4 nitrogen and oxygen atoms in total. The first-order valence-electron chi connectivity index (χ1n) is 7.00. The molecule has 0 spiro atoms. The Morgan fingerprint density at radius 3 is 2.62 bits per heavy atom. The maximum Gasteiger partial charge on any atom is 0.187 e. The van der Waals surface area contributed by atoms with E-state index in [0.717, 1.165) is 5.56 Å². The Hall–Kier alpha value is -1.46. The highest BCUT2D eigenvalue weighted by molar-refractivity contribution is 5.14. The van der Waals surface area contributed by atoms with Gasteiger partial charge in [-0.05, 0) is 19.4 Å². The molecule has 4 heteroatoms. The maximum atomic E-state index is 10.0. The molecule has 1 heterocycles. The van der Waals surface area contributed by atoms with E-state index in [4.69, 9.17) is 14.2 Å². The third-order valence-corrected chi connectivity index (χ3v) is 3.15. The van der Waals surface area contributed by atoms with Crippen molar-refractivity contribution in [2.45, 2.75) is 44.7 Å². The molecular weight excluding hydrogens is 268 g/mol. The molecule has 1 aromatic rings. The normalized spacial score (nSPS) is 26.0. The molecule has 21 heavy (non-hydrogen) atoms. The summed E-state index contributed by atoms with van der Waals surface area (Å²) in [6.45, 7) is 7.61. The molecular formula is C17H22O4. The van der Waals surface area contributed by atoms with Crippen LogP contribution in [0.2, 0.25) is 0 Å². The van der Waals surface area contributed by atoms with Crippen molar-refractivity contribution in [1.82, 2.24) is 0 Å². The van der Waals surface area contributed by atoms with Crippen LogP contribution >= 0.6 is 0 Å². The summed E-state index contributed by atoms with van der Waals surface area (Å²) < 4.78 is 17.0.